The Kier molecular flexibility index (Phi) is 4.83. The van der Waals surface area contributed by atoms with Gasteiger partial charge in [-0.05, 0) is 68.6 Å². The smallest absolute Gasteiger partial charge is 0.410 e. The molecule has 2 fully saturated rings. The van der Waals surface area contributed by atoms with Crippen LogP contribution in [0.3, 0.4) is 0 Å². The second-order valence-corrected chi connectivity index (χ2v) is 9.65. The molecule has 1 atom stereocenters. The van der Waals surface area contributed by atoms with Gasteiger partial charge in [0.15, 0.2) is 0 Å². The first kappa shape index (κ1) is 19.8. The first-order valence-corrected chi connectivity index (χ1v) is 10.4. The summed E-state index contributed by atoms with van der Waals surface area (Å²) in [4.78, 5) is 32.5. The summed E-state index contributed by atoms with van der Waals surface area (Å²) in [5.41, 5.74) is 7.68. The average Bonchev–Trinajstić information content (AvgIpc) is 3.12. The molecule has 1 aromatic rings. The van der Waals surface area contributed by atoms with Gasteiger partial charge in [0.05, 0.1) is 0 Å². The molecule has 3 N–H and O–H groups in total. The Labute approximate surface area is 171 Å². The van der Waals surface area contributed by atoms with Gasteiger partial charge in [0, 0.05) is 38.9 Å². The fraction of sp³-hybridized carbons (Fsp3) is 0.667. The summed E-state index contributed by atoms with van der Waals surface area (Å²) in [7, 11) is 0. The highest BCUT2D eigenvalue weighted by Gasteiger charge is 2.55. The van der Waals surface area contributed by atoms with Crippen molar-refractivity contribution in [2.75, 3.05) is 25.4 Å². The molecule has 1 spiro atoms. The van der Waals surface area contributed by atoms with Gasteiger partial charge in [0.1, 0.15) is 11.4 Å². The lowest BCUT2D eigenvalue weighted by atomic mass is 9.91. The van der Waals surface area contributed by atoms with Crippen molar-refractivity contribution < 1.29 is 14.3 Å². The van der Waals surface area contributed by atoms with Crippen LogP contribution >= 0.6 is 0 Å². The van der Waals surface area contributed by atoms with Gasteiger partial charge in [0.25, 0.3) is 0 Å². The number of fused-ring (bicyclic) bond motifs is 1. The van der Waals surface area contributed by atoms with Crippen LogP contribution in [0, 0.1) is 11.3 Å². The number of nitrogens with one attached hydrogen (secondary N) is 1. The molecule has 0 radical (unpaired) electrons. The van der Waals surface area contributed by atoms with Gasteiger partial charge in [-0.2, -0.15) is 0 Å². The van der Waals surface area contributed by atoms with E-state index in [9.17, 15) is 9.59 Å². The van der Waals surface area contributed by atoms with Crippen molar-refractivity contribution in [3.05, 3.63) is 23.4 Å². The number of nitrogen functional groups attached to an aromatic ring is 1. The van der Waals surface area contributed by atoms with Gasteiger partial charge >= 0.3 is 12.1 Å². The molecule has 1 saturated carbocycles. The maximum absolute atomic E-state index is 12.6. The summed E-state index contributed by atoms with van der Waals surface area (Å²) < 4.78 is 5.47. The minimum atomic E-state index is -0.463. The monoisotopic (exact) mass is 401 g/mol. The van der Waals surface area contributed by atoms with Gasteiger partial charge in [-0.3, -0.25) is 0 Å². The number of nitrogens with two attached hydrogens (primary N) is 1. The van der Waals surface area contributed by atoms with E-state index in [1.54, 1.807) is 11.1 Å². The van der Waals surface area contributed by atoms with Crippen molar-refractivity contribution in [1.29, 1.82) is 0 Å². The van der Waals surface area contributed by atoms with Crippen molar-refractivity contribution >= 4 is 17.9 Å². The molecule has 1 saturated heterocycles. The number of carbonyl (C=O) groups is 2. The number of hydrogen-bond donors (Lipinski definition) is 2. The number of aromatic nitrogens is 1. The van der Waals surface area contributed by atoms with Crippen molar-refractivity contribution in [2.24, 2.45) is 11.3 Å². The quantitative estimate of drug-likeness (QED) is 0.794. The molecule has 4 rings (SSSR count). The number of hydrogen-bond acceptors (Lipinski definition) is 5. The lowest BCUT2D eigenvalue weighted by Crippen LogP contribution is -2.43. The predicted octanol–water partition coefficient (Wildman–Crippen LogP) is 2.73. The van der Waals surface area contributed by atoms with Crippen LogP contribution in [0.2, 0.25) is 0 Å². The zero-order chi connectivity index (χ0) is 20.8. The summed E-state index contributed by atoms with van der Waals surface area (Å²) >= 11 is 0. The molecule has 3 aliphatic rings. The molecule has 2 aliphatic heterocycles. The maximum Gasteiger partial charge on any atom is 0.410 e. The Morgan fingerprint density at radius 2 is 1.93 bits per heavy atom. The Morgan fingerprint density at radius 3 is 2.62 bits per heavy atom. The predicted molar refractivity (Wildman–Crippen MR) is 109 cm³/mol. The van der Waals surface area contributed by atoms with E-state index in [0.717, 1.165) is 43.5 Å². The third-order valence-corrected chi connectivity index (χ3v) is 6.38. The molecule has 1 aromatic heterocycles. The number of ether oxygens (including phenoxy) is 1. The average molecular weight is 402 g/mol. The largest absolute Gasteiger partial charge is 0.444 e. The number of likely N-dealkylation sites (tertiary alicyclic amines) is 1. The van der Waals surface area contributed by atoms with E-state index in [2.05, 4.69) is 10.3 Å². The number of carbonyl (C=O) groups excluding carboxylic acids is 2. The molecule has 8 nitrogen and oxygen atoms in total. The topological polar surface area (TPSA) is 101 Å². The standard InChI is InChI=1S/C21H31N5O3/c1-20(2,3)29-19(28)25-6-4-21(5-7-25)9-16(21)11-24-18(27)26-12-14-8-17(22)23-10-15(14)13-26/h8,10,16H,4-7,9,11-13H2,1-3H3,(H2,22,23)(H,24,27). The summed E-state index contributed by atoms with van der Waals surface area (Å²) in [6.07, 6.45) is 4.61. The fourth-order valence-electron chi connectivity index (χ4n) is 4.56. The number of amides is 3. The molecule has 29 heavy (non-hydrogen) atoms. The van der Waals surface area contributed by atoms with Crippen LogP contribution < -0.4 is 11.1 Å². The maximum atomic E-state index is 12.6. The van der Waals surface area contributed by atoms with Gasteiger partial charge in [-0.1, -0.05) is 0 Å². The Balaban J connectivity index is 1.21. The van der Waals surface area contributed by atoms with Crippen LogP contribution in [0.1, 0.15) is 51.2 Å². The minimum Gasteiger partial charge on any atom is -0.444 e. The van der Waals surface area contributed by atoms with E-state index in [1.807, 2.05) is 31.7 Å². The lowest BCUT2D eigenvalue weighted by Gasteiger charge is -2.34. The van der Waals surface area contributed by atoms with Crippen molar-refractivity contribution in [2.45, 2.75) is 58.7 Å². The van der Waals surface area contributed by atoms with Crippen molar-refractivity contribution in [3.8, 4) is 0 Å². The molecule has 3 heterocycles. The van der Waals surface area contributed by atoms with Gasteiger partial charge in [-0.25, -0.2) is 14.6 Å². The van der Waals surface area contributed by atoms with E-state index in [4.69, 9.17) is 10.5 Å². The Bertz CT molecular complexity index is 811. The summed E-state index contributed by atoms with van der Waals surface area (Å²) in [6, 6.07) is 1.81. The lowest BCUT2D eigenvalue weighted by molar-refractivity contribution is 0.0165. The van der Waals surface area contributed by atoms with Crippen molar-refractivity contribution in [1.82, 2.24) is 20.1 Å². The highest BCUT2D eigenvalue weighted by molar-refractivity contribution is 5.75. The van der Waals surface area contributed by atoms with E-state index >= 15 is 0 Å². The van der Waals surface area contributed by atoms with E-state index in [1.165, 1.54) is 0 Å². The Morgan fingerprint density at radius 1 is 1.24 bits per heavy atom. The SMILES string of the molecule is CC(C)(C)OC(=O)N1CCC2(CC1)CC2CNC(=O)N1Cc2cnc(N)cc2C1. The van der Waals surface area contributed by atoms with Crippen LogP contribution in [0.25, 0.3) is 0 Å². The molecule has 1 aliphatic carbocycles. The second-order valence-electron chi connectivity index (χ2n) is 9.65. The molecule has 158 valence electrons. The van der Waals surface area contributed by atoms with Crippen LogP contribution in [-0.4, -0.2) is 52.1 Å². The van der Waals surface area contributed by atoms with Crippen LogP contribution in [0.5, 0.6) is 0 Å². The molecule has 0 aromatic carbocycles. The number of anilines is 1. The number of urea groups is 1. The molecule has 0 bridgehead atoms. The van der Waals surface area contributed by atoms with Crippen LogP contribution in [-0.2, 0) is 17.8 Å². The van der Waals surface area contributed by atoms with E-state index in [-0.39, 0.29) is 17.5 Å². The molecular formula is C21H31N5O3. The van der Waals surface area contributed by atoms with Gasteiger partial charge < -0.3 is 25.6 Å². The third kappa shape index (κ3) is 4.26. The number of nitrogens with zero attached hydrogens (tertiary/aromatic N) is 3. The zero-order valence-electron chi connectivity index (χ0n) is 17.5. The highest BCUT2D eigenvalue weighted by atomic mass is 16.6. The number of rotatable bonds is 2. The first-order valence-electron chi connectivity index (χ1n) is 10.4. The highest BCUT2D eigenvalue weighted by Crippen LogP contribution is 2.59. The summed E-state index contributed by atoms with van der Waals surface area (Å²) in [5.74, 6) is 0.984. The van der Waals surface area contributed by atoms with Gasteiger partial charge in [-0.15, -0.1) is 0 Å². The van der Waals surface area contributed by atoms with E-state index in [0.29, 0.717) is 31.4 Å². The Hall–Kier alpha value is -2.51. The van der Waals surface area contributed by atoms with E-state index < -0.39 is 5.60 Å². The summed E-state index contributed by atoms with van der Waals surface area (Å²) in [6.45, 7) is 8.98. The minimum absolute atomic E-state index is 0.0342. The zero-order valence-corrected chi connectivity index (χ0v) is 17.5. The summed E-state index contributed by atoms with van der Waals surface area (Å²) in [5, 5.41) is 3.10. The van der Waals surface area contributed by atoms with Gasteiger partial charge in [0.2, 0.25) is 0 Å². The first-order chi connectivity index (χ1) is 13.7. The van der Waals surface area contributed by atoms with Crippen LogP contribution in [0.15, 0.2) is 12.3 Å². The molecule has 3 amide bonds. The molecule has 1 unspecified atom stereocenters. The normalized spacial score (nSPS) is 22.4. The molecular weight excluding hydrogens is 370 g/mol. The number of pyridine rings is 1. The second kappa shape index (κ2) is 7.07. The van der Waals surface area contributed by atoms with Crippen molar-refractivity contribution in [3.63, 3.8) is 0 Å². The number of piperidine rings is 1. The molecule has 8 heteroatoms. The van der Waals surface area contributed by atoms with Crippen LogP contribution in [0.4, 0.5) is 15.4 Å². The fourth-order valence-corrected chi connectivity index (χ4v) is 4.56. The third-order valence-electron chi connectivity index (χ3n) is 6.38.